The molecule has 0 fully saturated rings. The van der Waals surface area contributed by atoms with Crippen molar-refractivity contribution in [3.8, 4) is 0 Å². The van der Waals surface area contributed by atoms with E-state index in [1.54, 1.807) is 0 Å². The molecule has 3 nitrogen and oxygen atoms in total. The highest BCUT2D eigenvalue weighted by Gasteiger charge is 2.35. The molecule has 1 aromatic heterocycles. The Kier molecular flexibility index (Phi) is 3.27. The quantitative estimate of drug-likeness (QED) is 0.885. The van der Waals surface area contributed by atoms with Gasteiger partial charge in [0.15, 0.2) is 0 Å². The highest BCUT2D eigenvalue weighted by Crippen LogP contribution is 2.30. The van der Waals surface area contributed by atoms with Crippen LogP contribution in [0, 0.1) is 6.92 Å². The van der Waals surface area contributed by atoms with Crippen LogP contribution in [0.2, 0.25) is 0 Å². The van der Waals surface area contributed by atoms with Gasteiger partial charge in [-0.15, -0.1) is 0 Å². The van der Waals surface area contributed by atoms with Crippen LogP contribution in [-0.4, -0.2) is 21.2 Å². The fraction of sp³-hybridized carbons (Fsp3) is 0.438. The summed E-state index contributed by atoms with van der Waals surface area (Å²) in [6.45, 7) is 9.61. The number of nitrogens with zero attached hydrogens (tertiary/aromatic N) is 1. The molecule has 0 saturated carbocycles. The predicted molar refractivity (Wildman–Crippen MR) is 80.5 cm³/mol. The van der Waals surface area contributed by atoms with Crippen molar-refractivity contribution in [2.24, 2.45) is 0 Å². The van der Waals surface area contributed by atoms with Crippen molar-refractivity contribution >= 4 is 16.6 Å². The number of pyridine rings is 1. The minimum atomic E-state index is -0.828. The molecule has 19 heavy (non-hydrogen) atoms. The van der Waals surface area contributed by atoms with Crippen LogP contribution in [-0.2, 0) is 0 Å². The maximum Gasteiger partial charge on any atom is 0.0814 e. The van der Waals surface area contributed by atoms with Gasteiger partial charge in [-0.2, -0.15) is 0 Å². The average Bonchev–Trinajstić information content (AvgIpc) is 2.26. The Morgan fingerprint density at radius 2 is 1.74 bits per heavy atom. The van der Waals surface area contributed by atoms with Gasteiger partial charge in [0.2, 0.25) is 0 Å². The Balaban J connectivity index is 2.52. The number of aromatic nitrogens is 1. The molecule has 0 bridgehead atoms. The summed E-state index contributed by atoms with van der Waals surface area (Å²) >= 11 is 0. The maximum absolute atomic E-state index is 10.3. The van der Waals surface area contributed by atoms with Crippen LogP contribution >= 0.6 is 0 Å². The number of benzene rings is 1. The molecule has 3 heteroatoms. The number of nitrogens with one attached hydrogen (secondary N) is 1. The van der Waals surface area contributed by atoms with Crippen molar-refractivity contribution in [2.45, 2.75) is 45.8 Å². The van der Waals surface area contributed by atoms with Gasteiger partial charge in [0, 0.05) is 16.8 Å². The number of fused-ring (bicyclic) bond motifs is 1. The Morgan fingerprint density at radius 1 is 1.11 bits per heavy atom. The average molecular weight is 258 g/mol. The second-order valence-electron chi connectivity index (χ2n) is 6.14. The molecular weight excluding hydrogens is 236 g/mol. The monoisotopic (exact) mass is 258 g/mol. The molecule has 2 rings (SSSR count). The maximum atomic E-state index is 10.3. The topological polar surface area (TPSA) is 45.1 Å². The Labute approximate surface area is 114 Å². The van der Waals surface area contributed by atoms with E-state index in [9.17, 15) is 5.11 Å². The lowest BCUT2D eigenvalue weighted by Crippen LogP contribution is -2.51. The van der Waals surface area contributed by atoms with Crippen LogP contribution in [0.3, 0.4) is 0 Å². The molecule has 0 aliphatic rings. The normalized spacial score (nSPS) is 12.7. The van der Waals surface area contributed by atoms with Gasteiger partial charge in [0.1, 0.15) is 0 Å². The Hall–Kier alpha value is -1.61. The molecule has 0 saturated heterocycles. The van der Waals surface area contributed by atoms with Crippen molar-refractivity contribution in [2.75, 3.05) is 5.32 Å². The van der Waals surface area contributed by atoms with Crippen LogP contribution in [0.1, 0.15) is 33.4 Å². The van der Waals surface area contributed by atoms with E-state index in [2.05, 4.69) is 10.3 Å². The van der Waals surface area contributed by atoms with Gasteiger partial charge >= 0.3 is 0 Å². The van der Waals surface area contributed by atoms with Crippen LogP contribution in [0.15, 0.2) is 30.3 Å². The molecule has 0 atom stereocenters. The fourth-order valence-electron chi connectivity index (χ4n) is 1.90. The molecule has 2 aromatic rings. The fourth-order valence-corrected chi connectivity index (χ4v) is 1.90. The Bertz CT molecular complexity index is 597. The SMILES string of the molecule is Cc1cc(NC(C)(C)C(C)(C)O)c2ccccc2n1. The summed E-state index contributed by atoms with van der Waals surface area (Å²) in [7, 11) is 0. The van der Waals surface area contributed by atoms with Crippen LogP contribution in [0.5, 0.6) is 0 Å². The third kappa shape index (κ3) is 2.71. The van der Waals surface area contributed by atoms with Crippen molar-refractivity contribution in [1.82, 2.24) is 4.98 Å². The van der Waals surface area contributed by atoms with Gasteiger partial charge in [-0.3, -0.25) is 4.98 Å². The molecule has 0 spiro atoms. The number of para-hydroxylation sites is 1. The molecule has 0 amide bonds. The first-order valence-electron chi connectivity index (χ1n) is 6.58. The molecule has 0 aliphatic heterocycles. The minimum absolute atomic E-state index is 0.441. The molecule has 2 N–H and O–H groups in total. The lowest BCUT2D eigenvalue weighted by molar-refractivity contribution is 0.0241. The smallest absolute Gasteiger partial charge is 0.0814 e. The van der Waals surface area contributed by atoms with Gasteiger partial charge in [-0.25, -0.2) is 0 Å². The summed E-state index contributed by atoms with van der Waals surface area (Å²) in [6.07, 6.45) is 0. The zero-order valence-electron chi connectivity index (χ0n) is 12.3. The van der Waals surface area contributed by atoms with Gasteiger partial charge in [-0.1, -0.05) is 18.2 Å². The largest absolute Gasteiger partial charge is 0.388 e. The first-order chi connectivity index (χ1) is 8.71. The molecule has 0 radical (unpaired) electrons. The van der Waals surface area contributed by atoms with E-state index in [1.165, 1.54) is 0 Å². The standard InChI is InChI=1S/C16H22N2O/c1-11-10-14(18-15(2,3)16(4,5)19)12-8-6-7-9-13(12)17-11/h6-10,19H,1-5H3,(H,17,18). The molecule has 1 heterocycles. The van der Waals surface area contributed by atoms with Crippen LogP contribution < -0.4 is 5.32 Å². The van der Waals surface area contributed by atoms with E-state index in [1.807, 2.05) is 65.0 Å². The van der Waals surface area contributed by atoms with Gasteiger partial charge < -0.3 is 10.4 Å². The van der Waals surface area contributed by atoms with Crippen LogP contribution in [0.25, 0.3) is 10.9 Å². The van der Waals surface area contributed by atoms with Gasteiger partial charge in [0.05, 0.1) is 16.7 Å². The number of hydrogen-bond donors (Lipinski definition) is 2. The molecule has 0 unspecified atom stereocenters. The number of aliphatic hydroxyl groups is 1. The van der Waals surface area contributed by atoms with Crippen molar-refractivity contribution in [3.05, 3.63) is 36.0 Å². The number of hydrogen-bond acceptors (Lipinski definition) is 3. The van der Waals surface area contributed by atoms with Crippen LogP contribution in [0.4, 0.5) is 5.69 Å². The third-order valence-electron chi connectivity index (χ3n) is 3.82. The zero-order chi connectivity index (χ0) is 14.3. The number of rotatable bonds is 3. The summed E-state index contributed by atoms with van der Waals surface area (Å²) < 4.78 is 0. The highest BCUT2D eigenvalue weighted by molar-refractivity contribution is 5.91. The van der Waals surface area contributed by atoms with Crippen molar-refractivity contribution in [3.63, 3.8) is 0 Å². The lowest BCUT2D eigenvalue weighted by atomic mass is 9.85. The van der Waals surface area contributed by atoms with E-state index in [-0.39, 0.29) is 0 Å². The minimum Gasteiger partial charge on any atom is -0.388 e. The molecule has 1 aromatic carbocycles. The highest BCUT2D eigenvalue weighted by atomic mass is 16.3. The van der Waals surface area contributed by atoms with E-state index < -0.39 is 11.1 Å². The molecule has 102 valence electrons. The summed E-state index contributed by atoms with van der Waals surface area (Å²) in [5, 5.41) is 14.8. The number of aryl methyl sites for hydroxylation is 1. The van der Waals surface area contributed by atoms with E-state index in [4.69, 9.17) is 0 Å². The Morgan fingerprint density at radius 3 is 2.37 bits per heavy atom. The van der Waals surface area contributed by atoms with E-state index in [0.29, 0.717) is 0 Å². The number of anilines is 1. The first-order valence-corrected chi connectivity index (χ1v) is 6.58. The van der Waals surface area contributed by atoms with Crippen molar-refractivity contribution < 1.29 is 5.11 Å². The van der Waals surface area contributed by atoms with Crippen molar-refractivity contribution in [1.29, 1.82) is 0 Å². The van der Waals surface area contributed by atoms with Gasteiger partial charge in [0.25, 0.3) is 0 Å². The predicted octanol–water partition coefficient (Wildman–Crippen LogP) is 3.50. The second-order valence-corrected chi connectivity index (χ2v) is 6.14. The molecular formula is C16H22N2O. The summed E-state index contributed by atoms with van der Waals surface area (Å²) in [6, 6.07) is 10.1. The summed E-state index contributed by atoms with van der Waals surface area (Å²) in [4.78, 5) is 4.53. The second kappa shape index (κ2) is 4.49. The first kappa shape index (κ1) is 13.8. The van der Waals surface area contributed by atoms with Gasteiger partial charge in [-0.05, 0) is 46.8 Å². The van der Waals surface area contributed by atoms with E-state index in [0.717, 1.165) is 22.3 Å². The summed E-state index contributed by atoms with van der Waals surface area (Å²) in [5.41, 5.74) is 1.67. The summed E-state index contributed by atoms with van der Waals surface area (Å²) in [5.74, 6) is 0. The lowest BCUT2D eigenvalue weighted by Gasteiger charge is -2.39. The molecule has 0 aliphatic carbocycles. The third-order valence-corrected chi connectivity index (χ3v) is 3.82. The van der Waals surface area contributed by atoms with E-state index >= 15 is 0 Å². The zero-order valence-corrected chi connectivity index (χ0v) is 12.3.